The van der Waals surface area contributed by atoms with Gasteiger partial charge in [0, 0.05) is 24.1 Å². The van der Waals surface area contributed by atoms with Gasteiger partial charge in [-0.2, -0.15) is 5.21 Å². The molecule has 9 heteroatoms. The number of nitrogens with zero attached hydrogens (tertiary/aromatic N) is 7. The normalized spacial score (nSPS) is 23.6. The number of imidazole rings is 1. The van der Waals surface area contributed by atoms with Crippen molar-refractivity contribution in [1.29, 1.82) is 0 Å². The third kappa shape index (κ3) is 3.96. The number of rotatable bonds is 8. The van der Waals surface area contributed by atoms with Crippen molar-refractivity contribution < 1.29 is 4.79 Å². The molecule has 1 aliphatic carbocycles. The number of H-pyrrole nitrogens is 1. The number of fused-ring (bicyclic) bond motifs is 3. The molecule has 0 atom stereocenters. The molecule has 0 unspecified atom stereocenters. The number of aromatic amines is 1. The smallest absolute Gasteiger partial charge is 0.287 e. The number of carbonyl (C=O) groups is 1. The van der Waals surface area contributed by atoms with Crippen LogP contribution in [0.5, 0.6) is 0 Å². The van der Waals surface area contributed by atoms with E-state index < -0.39 is 0 Å². The number of aromatic nitrogens is 6. The van der Waals surface area contributed by atoms with E-state index in [1.807, 2.05) is 18.2 Å². The first-order valence-corrected chi connectivity index (χ1v) is 15.1. The Labute approximate surface area is 240 Å². The predicted molar refractivity (Wildman–Crippen MR) is 157 cm³/mol. The summed E-state index contributed by atoms with van der Waals surface area (Å²) in [4.78, 5) is 19.6. The molecule has 2 aromatic carbocycles. The molecule has 5 heterocycles. The molecular formula is C32H38N8O. The van der Waals surface area contributed by atoms with Crippen LogP contribution in [0.3, 0.4) is 0 Å². The van der Waals surface area contributed by atoms with Crippen LogP contribution in [0.1, 0.15) is 93.3 Å². The Bertz CT molecular complexity index is 1560. The maximum absolute atomic E-state index is 14.5. The number of amides is 1. The summed E-state index contributed by atoms with van der Waals surface area (Å²) in [6, 6.07) is 16.7. The Morgan fingerprint density at radius 1 is 0.902 bits per heavy atom. The van der Waals surface area contributed by atoms with E-state index in [1.165, 1.54) is 12.8 Å². The SMILES string of the molecule is CCCc1nc2c(n1Cc1ccc(-c3ccccc3-c3nn[nH]n3)cc1)C(=O)N1N(C2)C2(CC)CCC1(CC)CC2. The average molecular weight is 551 g/mol. The fourth-order valence-corrected chi connectivity index (χ4v) is 7.63. The van der Waals surface area contributed by atoms with Gasteiger partial charge in [-0.25, -0.2) is 9.99 Å². The van der Waals surface area contributed by atoms with Gasteiger partial charge < -0.3 is 4.57 Å². The fourth-order valence-electron chi connectivity index (χ4n) is 7.63. The van der Waals surface area contributed by atoms with Gasteiger partial charge in [-0.3, -0.25) is 9.80 Å². The number of tetrazole rings is 1. The number of hydrogen-bond donors (Lipinski definition) is 1. The molecule has 8 rings (SSSR count). The minimum absolute atomic E-state index is 0.0700. The molecule has 4 aromatic rings. The number of nitrogens with one attached hydrogen (secondary N) is 1. The number of aryl methyl sites for hydroxylation is 1. The van der Waals surface area contributed by atoms with Crippen LogP contribution in [-0.4, -0.2) is 57.2 Å². The second kappa shape index (κ2) is 9.91. The Balaban J connectivity index is 1.24. The van der Waals surface area contributed by atoms with Gasteiger partial charge in [0.15, 0.2) is 0 Å². The summed E-state index contributed by atoms with van der Waals surface area (Å²) in [6.45, 7) is 8.08. The molecule has 2 saturated heterocycles. The Kier molecular flexibility index (Phi) is 6.30. The minimum Gasteiger partial charge on any atom is -0.319 e. The summed E-state index contributed by atoms with van der Waals surface area (Å²) in [5.41, 5.74) is 5.97. The lowest BCUT2D eigenvalue weighted by molar-refractivity contribution is -0.230. The second-order valence-electron chi connectivity index (χ2n) is 12.0. The molecule has 1 amide bonds. The van der Waals surface area contributed by atoms with E-state index in [0.29, 0.717) is 12.4 Å². The summed E-state index contributed by atoms with van der Waals surface area (Å²) in [5.74, 6) is 1.74. The first-order valence-electron chi connectivity index (χ1n) is 15.1. The molecule has 1 saturated carbocycles. The van der Waals surface area contributed by atoms with Gasteiger partial charge >= 0.3 is 0 Å². The maximum Gasteiger partial charge on any atom is 0.287 e. The van der Waals surface area contributed by atoms with Crippen LogP contribution >= 0.6 is 0 Å². The van der Waals surface area contributed by atoms with Crippen molar-refractivity contribution in [1.82, 2.24) is 40.2 Å². The van der Waals surface area contributed by atoms with Crippen molar-refractivity contribution in [3.8, 4) is 22.5 Å². The predicted octanol–water partition coefficient (Wildman–Crippen LogP) is 5.79. The van der Waals surface area contributed by atoms with Gasteiger partial charge in [-0.1, -0.05) is 69.3 Å². The van der Waals surface area contributed by atoms with Crippen LogP contribution in [-0.2, 0) is 19.5 Å². The summed E-state index contributed by atoms with van der Waals surface area (Å²) < 4.78 is 2.21. The van der Waals surface area contributed by atoms with E-state index in [4.69, 9.17) is 4.98 Å². The van der Waals surface area contributed by atoms with Crippen molar-refractivity contribution in [2.45, 2.75) is 96.3 Å². The number of benzene rings is 2. The first-order chi connectivity index (χ1) is 20.0. The van der Waals surface area contributed by atoms with E-state index in [1.54, 1.807) is 0 Å². The highest BCUT2D eigenvalue weighted by atomic mass is 16.2. The van der Waals surface area contributed by atoms with Crippen LogP contribution < -0.4 is 0 Å². The monoisotopic (exact) mass is 550 g/mol. The maximum atomic E-state index is 14.5. The largest absolute Gasteiger partial charge is 0.319 e. The van der Waals surface area contributed by atoms with E-state index in [0.717, 1.165) is 84.5 Å². The highest BCUT2D eigenvalue weighted by Gasteiger charge is 2.60. The lowest BCUT2D eigenvalue weighted by atomic mass is 9.65. The minimum atomic E-state index is -0.0700. The van der Waals surface area contributed by atoms with Gasteiger partial charge in [-0.05, 0) is 66.8 Å². The highest BCUT2D eigenvalue weighted by Crippen LogP contribution is 2.54. The molecule has 3 aliphatic heterocycles. The second-order valence-corrected chi connectivity index (χ2v) is 12.0. The zero-order chi connectivity index (χ0) is 28.2. The van der Waals surface area contributed by atoms with E-state index in [-0.39, 0.29) is 17.0 Å². The highest BCUT2D eigenvalue weighted by molar-refractivity contribution is 5.95. The van der Waals surface area contributed by atoms with Gasteiger partial charge in [0.2, 0.25) is 5.82 Å². The van der Waals surface area contributed by atoms with Crippen molar-refractivity contribution in [2.24, 2.45) is 0 Å². The van der Waals surface area contributed by atoms with Crippen molar-refractivity contribution >= 4 is 5.91 Å². The Hall–Kier alpha value is -3.85. The fraction of sp³-hybridized carbons (Fsp3) is 0.469. The van der Waals surface area contributed by atoms with E-state index in [9.17, 15) is 4.79 Å². The molecule has 2 bridgehead atoms. The summed E-state index contributed by atoms with van der Waals surface area (Å²) in [7, 11) is 0. The van der Waals surface area contributed by atoms with Crippen molar-refractivity contribution in [3.63, 3.8) is 0 Å². The lowest BCUT2D eigenvalue weighted by Crippen LogP contribution is -2.75. The summed E-state index contributed by atoms with van der Waals surface area (Å²) >= 11 is 0. The average Bonchev–Trinajstić information content (AvgIpc) is 3.67. The number of hydrazine groups is 1. The van der Waals surface area contributed by atoms with Gasteiger partial charge in [0.1, 0.15) is 11.5 Å². The van der Waals surface area contributed by atoms with Crippen LogP contribution in [0, 0.1) is 0 Å². The van der Waals surface area contributed by atoms with Crippen LogP contribution in [0.25, 0.3) is 22.5 Å². The van der Waals surface area contributed by atoms with Gasteiger partial charge in [0.25, 0.3) is 5.91 Å². The molecule has 3 fully saturated rings. The van der Waals surface area contributed by atoms with Gasteiger partial charge in [-0.15, -0.1) is 10.2 Å². The van der Waals surface area contributed by atoms with E-state index >= 15 is 0 Å². The third-order valence-corrected chi connectivity index (χ3v) is 10.1. The van der Waals surface area contributed by atoms with Crippen molar-refractivity contribution in [3.05, 3.63) is 71.3 Å². The van der Waals surface area contributed by atoms with Crippen LogP contribution in [0.2, 0.25) is 0 Å². The zero-order valence-electron chi connectivity index (χ0n) is 24.2. The number of hydrogen-bond acceptors (Lipinski definition) is 6. The topological polar surface area (TPSA) is 95.8 Å². The van der Waals surface area contributed by atoms with Crippen molar-refractivity contribution in [2.75, 3.05) is 0 Å². The first kappa shape index (κ1) is 26.1. The Morgan fingerprint density at radius 3 is 2.27 bits per heavy atom. The molecule has 0 radical (unpaired) electrons. The van der Waals surface area contributed by atoms with Crippen LogP contribution in [0.4, 0.5) is 0 Å². The molecule has 0 spiro atoms. The molecule has 41 heavy (non-hydrogen) atoms. The van der Waals surface area contributed by atoms with Crippen LogP contribution in [0.15, 0.2) is 48.5 Å². The lowest BCUT2D eigenvalue weighted by Gasteiger charge is -2.66. The molecular weight excluding hydrogens is 512 g/mol. The molecule has 212 valence electrons. The quantitative estimate of drug-likeness (QED) is 0.298. The molecule has 2 aromatic heterocycles. The molecule has 9 nitrogen and oxygen atoms in total. The summed E-state index contributed by atoms with van der Waals surface area (Å²) in [5, 5.41) is 19.3. The van der Waals surface area contributed by atoms with E-state index in [2.05, 4.69) is 86.3 Å². The number of carbonyl (C=O) groups excluding carboxylic acids is 1. The Morgan fingerprint density at radius 2 is 1.61 bits per heavy atom. The third-order valence-electron chi connectivity index (χ3n) is 10.1. The summed E-state index contributed by atoms with van der Waals surface area (Å²) in [6.07, 6.45) is 8.43. The molecule has 1 N–H and O–H groups in total. The van der Waals surface area contributed by atoms with Gasteiger partial charge in [0.05, 0.1) is 17.8 Å². The standard InChI is InChI=1S/C32H38N8O/c1-4-9-27-33-26-21-39-31(5-2)16-18-32(6-3,19-17-31)40(39)30(41)28(26)38(27)20-22-12-14-23(15-13-22)24-10-7-8-11-25(24)29-34-36-37-35-29/h7-8,10-15H,4-6,9,16-21H2,1-3H3,(H,34,35,36,37). The zero-order valence-corrected chi connectivity index (χ0v) is 24.2. The molecule has 4 aliphatic rings.